The van der Waals surface area contributed by atoms with Crippen LogP contribution in [0.1, 0.15) is 6.92 Å². The molecule has 3 nitrogen and oxygen atoms in total. The third kappa shape index (κ3) is 2.07. The number of rotatable bonds is 1. The van der Waals surface area contributed by atoms with Gasteiger partial charge >= 0.3 is 0 Å². The predicted octanol–water partition coefficient (Wildman–Crippen LogP) is 2.07. The number of morpholine rings is 1. The number of hydrogen-bond donors (Lipinski definition) is 0. The van der Waals surface area contributed by atoms with Crippen LogP contribution in [0.5, 0.6) is 0 Å². The number of halogens is 1. The van der Waals surface area contributed by atoms with Gasteiger partial charge in [-0.1, -0.05) is 0 Å². The molecule has 0 saturated carbocycles. The lowest BCUT2D eigenvalue weighted by Crippen LogP contribution is -2.44. The molecule has 0 bridgehead atoms. The normalized spacial score (nSPS) is 22.4. The van der Waals surface area contributed by atoms with Gasteiger partial charge in [0.2, 0.25) is 0 Å². The quantitative estimate of drug-likeness (QED) is 0.770. The van der Waals surface area contributed by atoms with Gasteiger partial charge < -0.3 is 9.64 Å². The molecular weight excluding hydrogens is 244 g/mol. The lowest BCUT2D eigenvalue weighted by molar-refractivity contribution is 0.0985. The van der Waals surface area contributed by atoms with Crippen LogP contribution in [0.3, 0.4) is 0 Å². The Hall–Kier alpha value is -0.610. The van der Waals surface area contributed by atoms with Gasteiger partial charge in [-0.15, -0.1) is 0 Å². The summed E-state index contributed by atoms with van der Waals surface area (Å²) in [6, 6.07) is 4.47. The summed E-state index contributed by atoms with van der Waals surface area (Å²) in [6.07, 6.45) is 1.83. The minimum Gasteiger partial charge on any atom is -0.377 e. The average Bonchev–Trinajstić information content (AvgIpc) is 2.20. The molecule has 1 atom stereocenters. The van der Waals surface area contributed by atoms with Crippen LogP contribution in [0.4, 0.5) is 5.82 Å². The summed E-state index contributed by atoms with van der Waals surface area (Å²) in [5.41, 5.74) is 0. The maximum absolute atomic E-state index is 5.38. The number of hydrogen-bond acceptors (Lipinski definition) is 3. The maximum Gasteiger partial charge on any atom is 0.128 e. The standard InChI is InChI=1S/C10H13BrN2O/c1-8-7-14-5-4-13(8)10-3-2-9(11)6-12-10/h2-3,6,8H,4-5,7H2,1H3/t8-/m1/s1. The molecule has 0 radical (unpaired) electrons. The molecule has 1 aromatic rings. The highest BCUT2D eigenvalue weighted by molar-refractivity contribution is 9.10. The Balaban J connectivity index is 2.16. The highest BCUT2D eigenvalue weighted by atomic mass is 79.9. The van der Waals surface area contributed by atoms with Gasteiger partial charge in [0, 0.05) is 17.2 Å². The molecule has 76 valence electrons. The van der Waals surface area contributed by atoms with E-state index in [1.54, 1.807) is 0 Å². The molecule has 1 aromatic heterocycles. The van der Waals surface area contributed by atoms with Crippen LogP contribution < -0.4 is 4.90 Å². The van der Waals surface area contributed by atoms with Crippen molar-refractivity contribution in [1.82, 2.24) is 4.98 Å². The van der Waals surface area contributed by atoms with E-state index in [0.29, 0.717) is 6.04 Å². The second kappa shape index (κ2) is 4.28. The molecule has 1 aliphatic heterocycles. The zero-order valence-electron chi connectivity index (χ0n) is 8.11. The molecule has 0 aromatic carbocycles. The molecule has 4 heteroatoms. The Kier molecular flexibility index (Phi) is 3.03. The minimum absolute atomic E-state index is 0.414. The first-order chi connectivity index (χ1) is 6.77. The topological polar surface area (TPSA) is 25.4 Å². The van der Waals surface area contributed by atoms with E-state index >= 15 is 0 Å². The highest BCUT2D eigenvalue weighted by Crippen LogP contribution is 2.18. The molecule has 14 heavy (non-hydrogen) atoms. The first kappa shape index (κ1) is 9.93. The largest absolute Gasteiger partial charge is 0.377 e. The zero-order chi connectivity index (χ0) is 9.97. The van der Waals surface area contributed by atoms with Crippen molar-refractivity contribution in [3.05, 3.63) is 22.8 Å². The van der Waals surface area contributed by atoms with Crippen molar-refractivity contribution >= 4 is 21.7 Å². The number of anilines is 1. The maximum atomic E-state index is 5.38. The molecule has 1 saturated heterocycles. The molecule has 2 heterocycles. The SMILES string of the molecule is C[C@@H]1COCCN1c1ccc(Br)cn1. The van der Waals surface area contributed by atoms with Crippen LogP contribution in [0, 0.1) is 0 Å². The molecule has 0 amide bonds. The third-order valence-corrected chi connectivity index (χ3v) is 2.84. The summed E-state index contributed by atoms with van der Waals surface area (Å²) in [7, 11) is 0. The van der Waals surface area contributed by atoms with Crippen LogP contribution in [-0.2, 0) is 4.74 Å². The highest BCUT2D eigenvalue weighted by Gasteiger charge is 2.19. The third-order valence-electron chi connectivity index (χ3n) is 2.37. The molecule has 0 unspecified atom stereocenters. The summed E-state index contributed by atoms with van der Waals surface area (Å²) in [5.74, 6) is 1.03. The van der Waals surface area contributed by atoms with Crippen LogP contribution >= 0.6 is 15.9 Å². The molecule has 2 rings (SSSR count). The Labute approximate surface area is 92.2 Å². The fourth-order valence-electron chi connectivity index (χ4n) is 1.61. The summed E-state index contributed by atoms with van der Waals surface area (Å²) in [6.45, 7) is 4.67. The Bertz CT molecular complexity index is 301. The number of ether oxygens (including phenoxy) is 1. The van der Waals surface area contributed by atoms with Gasteiger partial charge in [0.05, 0.1) is 19.3 Å². The van der Waals surface area contributed by atoms with E-state index in [0.717, 1.165) is 30.0 Å². The van der Waals surface area contributed by atoms with Gasteiger partial charge in [-0.25, -0.2) is 4.98 Å². The first-order valence-corrected chi connectivity index (χ1v) is 5.52. The molecular formula is C10H13BrN2O. The number of aromatic nitrogens is 1. The summed E-state index contributed by atoms with van der Waals surface area (Å²) in [4.78, 5) is 6.65. The summed E-state index contributed by atoms with van der Waals surface area (Å²) >= 11 is 3.38. The van der Waals surface area contributed by atoms with Crippen molar-refractivity contribution in [1.29, 1.82) is 0 Å². The first-order valence-electron chi connectivity index (χ1n) is 4.73. The molecule has 0 N–H and O–H groups in total. The van der Waals surface area contributed by atoms with Crippen LogP contribution in [0.2, 0.25) is 0 Å². The van der Waals surface area contributed by atoms with E-state index in [2.05, 4.69) is 32.7 Å². The van der Waals surface area contributed by atoms with Gasteiger partial charge in [-0.2, -0.15) is 0 Å². The van der Waals surface area contributed by atoms with Crippen LogP contribution in [0.25, 0.3) is 0 Å². The van der Waals surface area contributed by atoms with Crippen molar-refractivity contribution in [3.8, 4) is 0 Å². The van der Waals surface area contributed by atoms with Crippen molar-refractivity contribution in [2.24, 2.45) is 0 Å². The van der Waals surface area contributed by atoms with Gasteiger partial charge in [-0.05, 0) is 35.0 Å². The molecule has 1 fully saturated rings. The second-order valence-corrected chi connectivity index (χ2v) is 4.37. The monoisotopic (exact) mass is 256 g/mol. The number of pyridine rings is 1. The van der Waals surface area contributed by atoms with Crippen LogP contribution in [-0.4, -0.2) is 30.8 Å². The van der Waals surface area contributed by atoms with E-state index in [1.807, 2.05) is 18.3 Å². The van der Waals surface area contributed by atoms with Crippen molar-refractivity contribution in [3.63, 3.8) is 0 Å². The van der Waals surface area contributed by atoms with E-state index in [9.17, 15) is 0 Å². The lowest BCUT2D eigenvalue weighted by Gasteiger charge is -2.34. The molecule has 1 aliphatic rings. The average molecular weight is 257 g/mol. The Morgan fingerprint density at radius 3 is 3.07 bits per heavy atom. The van der Waals surface area contributed by atoms with E-state index < -0.39 is 0 Å². The van der Waals surface area contributed by atoms with Crippen LogP contribution in [0.15, 0.2) is 22.8 Å². The fourth-order valence-corrected chi connectivity index (χ4v) is 1.84. The fraction of sp³-hybridized carbons (Fsp3) is 0.500. The Morgan fingerprint density at radius 2 is 2.43 bits per heavy atom. The predicted molar refractivity (Wildman–Crippen MR) is 59.6 cm³/mol. The Morgan fingerprint density at radius 1 is 1.57 bits per heavy atom. The smallest absolute Gasteiger partial charge is 0.128 e. The molecule has 0 spiro atoms. The van der Waals surface area contributed by atoms with E-state index in [-0.39, 0.29) is 0 Å². The van der Waals surface area contributed by atoms with Gasteiger partial charge in [0.25, 0.3) is 0 Å². The lowest BCUT2D eigenvalue weighted by atomic mass is 10.2. The van der Waals surface area contributed by atoms with E-state index in [1.165, 1.54) is 0 Å². The van der Waals surface area contributed by atoms with Crippen molar-refractivity contribution < 1.29 is 4.74 Å². The van der Waals surface area contributed by atoms with Crippen molar-refractivity contribution in [2.75, 3.05) is 24.7 Å². The summed E-state index contributed by atoms with van der Waals surface area (Å²) in [5, 5.41) is 0. The van der Waals surface area contributed by atoms with Gasteiger partial charge in [-0.3, -0.25) is 0 Å². The molecule has 0 aliphatic carbocycles. The van der Waals surface area contributed by atoms with E-state index in [4.69, 9.17) is 4.74 Å². The minimum atomic E-state index is 0.414. The number of nitrogens with zero attached hydrogens (tertiary/aromatic N) is 2. The van der Waals surface area contributed by atoms with Crippen molar-refractivity contribution in [2.45, 2.75) is 13.0 Å². The van der Waals surface area contributed by atoms with Gasteiger partial charge in [0.15, 0.2) is 0 Å². The second-order valence-electron chi connectivity index (χ2n) is 3.45. The summed E-state index contributed by atoms with van der Waals surface area (Å²) < 4.78 is 6.39. The zero-order valence-corrected chi connectivity index (χ0v) is 9.70. The van der Waals surface area contributed by atoms with Gasteiger partial charge in [0.1, 0.15) is 5.82 Å².